The lowest BCUT2D eigenvalue weighted by molar-refractivity contribution is 0.0692. The van der Waals surface area contributed by atoms with Crippen molar-refractivity contribution in [2.45, 2.75) is 6.92 Å². The zero-order valence-electron chi connectivity index (χ0n) is 9.75. The first kappa shape index (κ1) is 12.0. The van der Waals surface area contributed by atoms with Crippen LogP contribution in [0.5, 0.6) is 0 Å². The van der Waals surface area contributed by atoms with Gasteiger partial charge >= 0.3 is 5.97 Å². The van der Waals surface area contributed by atoms with Crippen LogP contribution >= 0.6 is 0 Å². The van der Waals surface area contributed by atoms with Crippen LogP contribution in [0.25, 0.3) is 0 Å². The van der Waals surface area contributed by atoms with E-state index in [0.717, 1.165) is 5.56 Å². The number of aromatic nitrogens is 1. The van der Waals surface area contributed by atoms with E-state index in [-0.39, 0.29) is 17.0 Å². The topological polar surface area (TPSA) is 67.3 Å². The van der Waals surface area contributed by atoms with Gasteiger partial charge in [0.15, 0.2) is 0 Å². The number of ketones is 1. The highest BCUT2D eigenvalue weighted by Gasteiger charge is 2.19. The van der Waals surface area contributed by atoms with Crippen molar-refractivity contribution in [3.8, 4) is 0 Å². The van der Waals surface area contributed by atoms with E-state index in [2.05, 4.69) is 4.98 Å². The standard InChI is InChI=1S/C14H11NO3/c1-9-5-2-3-6-10(9)13(16)12-11(14(17)18)7-4-8-15-12/h2-8H,1H3,(H,17,18). The molecule has 1 N–H and O–H groups in total. The predicted octanol–water partition coefficient (Wildman–Crippen LogP) is 2.32. The van der Waals surface area contributed by atoms with Crippen LogP contribution in [0.4, 0.5) is 0 Å². The fourth-order valence-electron chi connectivity index (χ4n) is 1.71. The molecule has 90 valence electrons. The van der Waals surface area contributed by atoms with Gasteiger partial charge in [0.2, 0.25) is 5.78 Å². The molecule has 1 aromatic carbocycles. The number of aryl methyl sites for hydroxylation is 1. The number of carboxylic acids is 1. The van der Waals surface area contributed by atoms with Crippen LogP contribution < -0.4 is 0 Å². The molecule has 0 unspecified atom stereocenters. The number of carboxylic acid groups (broad SMARTS) is 1. The molecule has 0 atom stereocenters. The number of aromatic carboxylic acids is 1. The Morgan fingerprint density at radius 3 is 2.39 bits per heavy atom. The highest BCUT2D eigenvalue weighted by atomic mass is 16.4. The monoisotopic (exact) mass is 241 g/mol. The minimum Gasteiger partial charge on any atom is -0.478 e. The highest BCUT2D eigenvalue weighted by molar-refractivity contribution is 6.13. The lowest BCUT2D eigenvalue weighted by Crippen LogP contribution is -2.12. The summed E-state index contributed by atoms with van der Waals surface area (Å²) >= 11 is 0. The maximum atomic E-state index is 12.3. The van der Waals surface area contributed by atoms with E-state index < -0.39 is 5.97 Å². The molecule has 0 aliphatic heterocycles. The average molecular weight is 241 g/mol. The van der Waals surface area contributed by atoms with Gasteiger partial charge in [-0.2, -0.15) is 0 Å². The summed E-state index contributed by atoms with van der Waals surface area (Å²) in [5.74, 6) is -1.52. The molecule has 0 fully saturated rings. The van der Waals surface area contributed by atoms with Crippen molar-refractivity contribution in [1.29, 1.82) is 0 Å². The Hall–Kier alpha value is -2.49. The fourth-order valence-corrected chi connectivity index (χ4v) is 1.71. The first-order valence-corrected chi connectivity index (χ1v) is 5.40. The van der Waals surface area contributed by atoms with Crippen LogP contribution in [0.3, 0.4) is 0 Å². The lowest BCUT2D eigenvalue weighted by Gasteiger charge is -2.06. The summed E-state index contributed by atoms with van der Waals surface area (Å²) in [6, 6.07) is 9.90. The smallest absolute Gasteiger partial charge is 0.338 e. The van der Waals surface area contributed by atoms with Crippen molar-refractivity contribution in [1.82, 2.24) is 4.98 Å². The number of carbonyl (C=O) groups excluding carboxylic acids is 1. The Balaban J connectivity index is 2.54. The molecule has 1 heterocycles. The van der Waals surface area contributed by atoms with Crippen LogP contribution in [0.15, 0.2) is 42.6 Å². The molecule has 0 saturated carbocycles. The Morgan fingerprint density at radius 1 is 1.06 bits per heavy atom. The molecule has 0 aliphatic rings. The van der Waals surface area contributed by atoms with Crippen molar-refractivity contribution in [3.05, 3.63) is 65.0 Å². The van der Waals surface area contributed by atoms with Gasteiger partial charge in [-0.3, -0.25) is 9.78 Å². The summed E-state index contributed by atoms with van der Waals surface area (Å²) in [5, 5.41) is 9.04. The number of hydrogen-bond donors (Lipinski definition) is 1. The molecule has 0 amide bonds. The number of pyridine rings is 1. The minimum atomic E-state index is -1.15. The third-order valence-corrected chi connectivity index (χ3v) is 2.64. The Morgan fingerprint density at radius 2 is 1.72 bits per heavy atom. The van der Waals surface area contributed by atoms with Crippen molar-refractivity contribution in [3.63, 3.8) is 0 Å². The third-order valence-electron chi connectivity index (χ3n) is 2.64. The largest absolute Gasteiger partial charge is 0.478 e. The summed E-state index contributed by atoms with van der Waals surface area (Å²) < 4.78 is 0. The second-order valence-electron chi connectivity index (χ2n) is 3.85. The van der Waals surface area contributed by atoms with Gasteiger partial charge in [-0.15, -0.1) is 0 Å². The first-order chi connectivity index (χ1) is 8.61. The van der Waals surface area contributed by atoms with Gasteiger partial charge in [0.1, 0.15) is 5.69 Å². The van der Waals surface area contributed by atoms with E-state index in [4.69, 9.17) is 5.11 Å². The first-order valence-electron chi connectivity index (χ1n) is 5.40. The summed E-state index contributed by atoms with van der Waals surface area (Å²) in [6.45, 7) is 1.80. The molecule has 1 aromatic heterocycles. The molecule has 18 heavy (non-hydrogen) atoms. The van der Waals surface area contributed by atoms with Crippen molar-refractivity contribution >= 4 is 11.8 Å². The highest BCUT2D eigenvalue weighted by Crippen LogP contribution is 2.15. The van der Waals surface area contributed by atoms with Gasteiger partial charge in [0.05, 0.1) is 5.56 Å². The maximum absolute atomic E-state index is 12.3. The van der Waals surface area contributed by atoms with Gasteiger partial charge in [0.25, 0.3) is 0 Å². The number of benzene rings is 1. The zero-order valence-corrected chi connectivity index (χ0v) is 9.75. The Bertz CT molecular complexity index is 620. The van der Waals surface area contributed by atoms with Crippen LogP contribution in [0, 0.1) is 6.92 Å². The Kier molecular flexibility index (Phi) is 3.19. The lowest BCUT2D eigenvalue weighted by atomic mass is 10.00. The molecule has 0 radical (unpaired) electrons. The van der Waals surface area contributed by atoms with Crippen LogP contribution in [-0.4, -0.2) is 21.8 Å². The molecular weight excluding hydrogens is 230 g/mol. The van der Waals surface area contributed by atoms with Crippen molar-refractivity contribution in [2.24, 2.45) is 0 Å². The SMILES string of the molecule is Cc1ccccc1C(=O)c1ncccc1C(=O)O. The summed E-state index contributed by atoms with van der Waals surface area (Å²) in [4.78, 5) is 27.2. The zero-order chi connectivity index (χ0) is 13.1. The van der Waals surface area contributed by atoms with E-state index >= 15 is 0 Å². The molecule has 0 saturated heterocycles. The summed E-state index contributed by atoms with van der Waals surface area (Å²) in [5.41, 5.74) is 1.16. The van der Waals surface area contributed by atoms with Crippen LogP contribution in [-0.2, 0) is 0 Å². The number of carbonyl (C=O) groups is 2. The van der Waals surface area contributed by atoms with Crippen molar-refractivity contribution < 1.29 is 14.7 Å². The molecule has 0 aliphatic carbocycles. The van der Waals surface area contributed by atoms with Gasteiger partial charge in [0, 0.05) is 11.8 Å². The molecular formula is C14H11NO3. The van der Waals surface area contributed by atoms with Gasteiger partial charge in [-0.05, 0) is 24.6 Å². The van der Waals surface area contributed by atoms with Gasteiger partial charge in [-0.1, -0.05) is 24.3 Å². The van der Waals surface area contributed by atoms with E-state index in [1.54, 1.807) is 25.1 Å². The van der Waals surface area contributed by atoms with E-state index in [1.165, 1.54) is 18.3 Å². The second kappa shape index (κ2) is 4.79. The Labute approximate surface area is 104 Å². The molecule has 2 aromatic rings. The summed E-state index contributed by atoms with van der Waals surface area (Å²) in [6.07, 6.45) is 1.41. The van der Waals surface area contributed by atoms with Crippen LogP contribution in [0.2, 0.25) is 0 Å². The number of rotatable bonds is 3. The summed E-state index contributed by atoms with van der Waals surface area (Å²) in [7, 11) is 0. The van der Waals surface area contributed by atoms with Crippen molar-refractivity contribution in [2.75, 3.05) is 0 Å². The molecule has 0 bridgehead atoms. The molecule has 0 spiro atoms. The quantitative estimate of drug-likeness (QED) is 0.837. The normalized spacial score (nSPS) is 10.1. The maximum Gasteiger partial charge on any atom is 0.338 e. The predicted molar refractivity (Wildman–Crippen MR) is 65.8 cm³/mol. The average Bonchev–Trinajstić information content (AvgIpc) is 2.38. The molecule has 4 nitrogen and oxygen atoms in total. The van der Waals surface area contributed by atoms with Crippen LogP contribution in [0.1, 0.15) is 32.0 Å². The van der Waals surface area contributed by atoms with E-state index in [0.29, 0.717) is 5.56 Å². The third kappa shape index (κ3) is 2.13. The fraction of sp³-hybridized carbons (Fsp3) is 0.0714. The number of hydrogen-bond acceptors (Lipinski definition) is 3. The van der Waals surface area contributed by atoms with Gasteiger partial charge < -0.3 is 5.11 Å². The van der Waals surface area contributed by atoms with E-state index in [1.807, 2.05) is 6.07 Å². The molecule has 4 heteroatoms. The van der Waals surface area contributed by atoms with E-state index in [9.17, 15) is 9.59 Å². The minimum absolute atomic E-state index is 0.0284. The molecule has 2 rings (SSSR count). The second-order valence-corrected chi connectivity index (χ2v) is 3.85. The number of nitrogens with zero attached hydrogens (tertiary/aromatic N) is 1. The van der Waals surface area contributed by atoms with Gasteiger partial charge in [-0.25, -0.2) is 4.79 Å².